The molecule has 0 amide bonds. The summed E-state index contributed by atoms with van der Waals surface area (Å²) in [6.07, 6.45) is 2.44. The molecule has 5 heteroatoms. The van der Waals surface area contributed by atoms with Gasteiger partial charge in [0.15, 0.2) is 0 Å². The molecule has 0 radical (unpaired) electrons. The van der Waals surface area contributed by atoms with E-state index in [1.54, 1.807) is 11.3 Å². The van der Waals surface area contributed by atoms with Crippen LogP contribution in [0.25, 0.3) is 10.6 Å². The smallest absolute Gasteiger partial charge is 0.125 e. The standard InChI is InChI=1S/C18H24ClN3S/c1-13(2)20-14-7-9-22(10-8-14)11-15-12-23-18(21-15)16-5-3-4-6-17(16)19/h3-6,12-14,20H,7-11H2,1-2H3. The molecule has 0 bridgehead atoms. The molecular weight excluding hydrogens is 326 g/mol. The van der Waals surface area contributed by atoms with Crippen LogP contribution in [0.4, 0.5) is 0 Å². The van der Waals surface area contributed by atoms with Gasteiger partial charge >= 0.3 is 0 Å². The van der Waals surface area contributed by atoms with Crippen molar-refractivity contribution in [2.24, 2.45) is 0 Å². The number of hydrogen-bond acceptors (Lipinski definition) is 4. The zero-order chi connectivity index (χ0) is 16.2. The summed E-state index contributed by atoms with van der Waals surface area (Å²) >= 11 is 7.95. The molecule has 2 aromatic rings. The van der Waals surface area contributed by atoms with E-state index in [-0.39, 0.29) is 0 Å². The Morgan fingerprint density at radius 2 is 2.04 bits per heavy atom. The zero-order valence-corrected chi connectivity index (χ0v) is 15.3. The van der Waals surface area contributed by atoms with Crippen LogP contribution in [0.5, 0.6) is 0 Å². The van der Waals surface area contributed by atoms with Crippen LogP contribution in [-0.2, 0) is 6.54 Å². The molecule has 124 valence electrons. The maximum Gasteiger partial charge on any atom is 0.125 e. The van der Waals surface area contributed by atoms with E-state index in [2.05, 4.69) is 29.4 Å². The molecule has 0 aliphatic carbocycles. The molecule has 2 heterocycles. The van der Waals surface area contributed by atoms with Gasteiger partial charge in [-0.05, 0) is 18.9 Å². The van der Waals surface area contributed by atoms with Gasteiger partial charge in [0.1, 0.15) is 5.01 Å². The van der Waals surface area contributed by atoms with E-state index in [9.17, 15) is 0 Å². The first-order valence-corrected chi connectivity index (χ1v) is 9.55. The first-order valence-electron chi connectivity index (χ1n) is 8.29. The van der Waals surface area contributed by atoms with Crippen LogP contribution >= 0.6 is 22.9 Å². The fraction of sp³-hybridized carbons (Fsp3) is 0.500. The summed E-state index contributed by atoms with van der Waals surface area (Å²) < 4.78 is 0. The summed E-state index contributed by atoms with van der Waals surface area (Å²) in [6, 6.07) is 9.16. The van der Waals surface area contributed by atoms with Gasteiger partial charge in [-0.1, -0.05) is 43.6 Å². The molecule has 3 rings (SSSR count). The lowest BCUT2D eigenvalue weighted by Crippen LogP contribution is -2.44. The second-order valence-corrected chi connectivity index (χ2v) is 7.76. The summed E-state index contributed by atoms with van der Waals surface area (Å²) in [6.45, 7) is 7.66. The van der Waals surface area contributed by atoms with Crippen LogP contribution in [0.3, 0.4) is 0 Å². The van der Waals surface area contributed by atoms with E-state index in [0.29, 0.717) is 12.1 Å². The van der Waals surface area contributed by atoms with Gasteiger partial charge < -0.3 is 5.32 Å². The highest BCUT2D eigenvalue weighted by atomic mass is 35.5. The van der Waals surface area contributed by atoms with E-state index in [1.807, 2.05) is 24.3 Å². The third-order valence-corrected chi connectivity index (χ3v) is 5.45. The normalized spacial score (nSPS) is 17.0. The highest BCUT2D eigenvalue weighted by Crippen LogP contribution is 2.30. The Balaban J connectivity index is 1.57. The van der Waals surface area contributed by atoms with Crippen molar-refractivity contribution in [3.05, 3.63) is 40.4 Å². The molecule has 0 saturated carbocycles. The minimum atomic E-state index is 0.572. The highest BCUT2D eigenvalue weighted by Gasteiger charge is 2.20. The quantitative estimate of drug-likeness (QED) is 0.865. The molecule has 0 atom stereocenters. The molecule has 0 spiro atoms. The van der Waals surface area contributed by atoms with Gasteiger partial charge in [0, 0.05) is 42.7 Å². The molecule has 3 nitrogen and oxygen atoms in total. The van der Waals surface area contributed by atoms with E-state index in [1.165, 1.54) is 12.8 Å². The van der Waals surface area contributed by atoms with E-state index in [0.717, 1.165) is 40.9 Å². The van der Waals surface area contributed by atoms with Crippen molar-refractivity contribution in [2.75, 3.05) is 13.1 Å². The minimum Gasteiger partial charge on any atom is -0.312 e. The number of thiazole rings is 1. The lowest BCUT2D eigenvalue weighted by atomic mass is 10.0. The van der Waals surface area contributed by atoms with Gasteiger partial charge in [0.2, 0.25) is 0 Å². The molecule has 1 saturated heterocycles. The van der Waals surface area contributed by atoms with Crippen LogP contribution in [0, 0.1) is 0 Å². The molecule has 1 fully saturated rings. The van der Waals surface area contributed by atoms with E-state index < -0.39 is 0 Å². The first-order chi connectivity index (χ1) is 11.1. The number of nitrogens with one attached hydrogen (secondary N) is 1. The van der Waals surface area contributed by atoms with Crippen molar-refractivity contribution in [3.8, 4) is 10.6 Å². The van der Waals surface area contributed by atoms with Gasteiger partial charge in [-0.3, -0.25) is 4.90 Å². The molecular formula is C18H24ClN3S. The zero-order valence-electron chi connectivity index (χ0n) is 13.8. The lowest BCUT2D eigenvalue weighted by molar-refractivity contribution is 0.185. The lowest BCUT2D eigenvalue weighted by Gasteiger charge is -2.33. The van der Waals surface area contributed by atoms with Crippen molar-refractivity contribution >= 4 is 22.9 Å². The van der Waals surface area contributed by atoms with E-state index >= 15 is 0 Å². The predicted molar refractivity (Wildman–Crippen MR) is 99.1 cm³/mol. The SMILES string of the molecule is CC(C)NC1CCN(Cc2csc(-c3ccccc3Cl)n2)CC1. The molecule has 1 aliphatic heterocycles. The monoisotopic (exact) mass is 349 g/mol. The number of likely N-dealkylation sites (tertiary alicyclic amines) is 1. The fourth-order valence-electron chi connectivity index (χ4n) is 3.10. The van der Waals surface area contributed by atoms with Crippen LogP contribution < -0.4 is 5.32 Å². The number of nitrogens with zero attached hydrogens (tertiary/aromatic N) is 2. The number of aromatic nitrogens is 1. The number of rotatable bonds is 5. The highest BCUT2D eigenvalue weighted by molar-refractivity contribution is 7.13. The second-order valence-electron chi connectivity index (χ2n) is 6.50. The summed E-state index contributed by atoms with van der Waals surface area (Å²) in [5.74, 6) is 0. The molecule has 23 heavy (non-hydrogen) atoms. The molecule has 1 aliphatic rings. The Bertz CT molecular complexity index is 633. The minimum absolute atomic E-state index is 0.572. The summed E-state index contributed by atoms with van der Waals surface area (Å²) in [4.78, 5) is 7.28. The Hall–Kier alpha value is -0.940. The fourth-order valence-corrected chi connectivity index (χ4v) is 4.23. The molecule has 1 aromatic heterocycles. The predicted octanol–water partition coefficient (Wildman–Crippen LogP) is 4.43. The molecule has 1 N–H and O–H groups in total. The van der Waals surface area contributed by atoms with Gasteiger partial charge in [-0.2, -0.15) is 0 Å². The van der Waals surface area contributed by atoms with Crippen LogP contribution in [0.1, 0.15) is 32.4 Å². The Morgan fingerprint density at radius 3 is 2.74 bits per heavy atom. The number of hydrogen-bond donors (Lipinski definition) is 1. The average Bonchev–Trinajstić information content (AvgIpc) is 2.97. The molecule has 0 unspecified atom stereocenters. The topological polar surface area (TPSA) is 28.2 Å². The first kappa shape index (κ1) is 16.9. The maximum absolute atomic E-state index is 6.27. The average molecular weight is 350 g/mol. The van der Waals surface area contributed by atoms with Gasteiger partial charge in [-0.15, -0.1) is 11.3 Å². The van der Waals surface area contributed by atoms with E-state index in [4.69, 9.17) is 16.6 Å². The van der Waals surface area contributed by atoms with Crippen molar-refractivity contribution in [3.63, 3.8) is 0 Å². The number of halogens is 1. The third kappa shape index (κ3) is 4.54. The van der Waals surface area contributed by atoms with Crippen molar-refractivity contribution in [1.82, 2.24) is 15.2 Å². The van der Waals surface area contributed by atoms with Crippen molar-refractivity contribution < 1.29 is 0 Å². The number of piperidine rings is 1. The van der Waals surface area contributed by atoms with Crippen LogP contribution in [0.2, 0.25) is 5.02 Å². The maximum atomic E-state index is 6.27. The third-order valence-electron chi connectivity index (χ3n) is 4.20. The second kappa shape index (κ2) is 7.75. The largest absolute Gasteiger partial charge is 0.312 e. The Kier molecular flexibility index (Phi) is 5.70. The number of benzene rings is 1. The summed E-state index contributed by atoms with van der Waals surface area (Å²) in [7, 11) is 0. The van der Waals surface area contributed by atoms with Crippen molar-refractivity contribution in [2.45, 2.75) is 45.3 Å². The Labute approximate surface area is 147 Å². The van der Waals surface area contributed by atoms with Crippen LogP contribution in [-0.4, -0.2) is 35.1 Å². The van der Waals surface area contributed by atoms with Crippen molar-refractivity contribution in [1.29, 1.82) is 0 Å². The van der Waals surface area contributed by atoms with Gasteiger partial charge in [-0.25, -0.2) is 4.98 Å². The Morgan fingerprint density at radius 1 is 1.30 bits per heavy atom. The summed E-state index contributed by atoms with van der Waals surface area (Å²) in [5, 5.41) is 7.59. The van der Waals surface area contributed by atoms with Gasteiger partial charge in [0.25, 0.3) is 0 Å². The van der Waals surface area contributed by atoms with Gasteiger partial charge in [0.05, 0.1) is 10.7 Å². The molecule has 1 aromatic carbocycles. The van der Waals surface area contributed by atoms with Crippen LogP contribution in [0.15, 0.2) is 29.6 Å². The summed E-state index contributed by atoms with van der Waals surface area (Å²) in [5.41, 5.74) is 2.19.